The van der Waals surface area contributed by atoms with Crippen LogP contribution >= 0.6 is 0 Å². The number of hydrogen-bond donors (Lipinski definition) is 2. The van der Waals surface area contributed by atoms with Crippen molar-refractivity contribution >= 4 is 40.9 Å². The highest BCUT2D eigenvalue weighted by Gasteiger charge is 2.42. The Balaban J connectivity index is 1.34. The Morgan fingerprint density at radius 3 is 2.33 bits per heavy atom. The van der Waals surface area contributed by atoms with Crippen LogP contribution in [0.1, 0.15) is 83.4 Å². The van der Waals surface area contributed by atoms with Crippen molar-refractivity contribution in [2.45, 2.75) is 90.5 Å². The average Bonchev–Trinajstić information content (AvgIpc) is 3.52. The van der Waals surface area contributed by atoms with Crippen LogP contribution in [-0.2, 0) is 39.6 Å². The van der Waals surface area contributed by atoms with Crippen molar-refractivity contribution in [1.29, 1.82) is 0 Å². The normalized spacial score (nSPS) is 19.3. The van der Waals surface area contributed by atoms with Crippen LogP contribution in [0.25, 0.3) is 0 Å². The van der Waals surface area contributed by atoms with Gasteiger partial charge in [-0.05, 0) is 61.6 Å². The Kier molecular flexibility index (Phi) is 11.0. The third kappa shape index (κ3) is 7.35. The summed E-state index contributed by atoms with van der Waals surface area (Å²) in [5.74, 6) is -2.12. The summed E-state index contributed by atoms with van der Waals surface area (Å²) in [6, 6.07) is 15.6. The van der Waals surface area contributed by atoms with E-state index >= 15 is 0 Å². The van der Waals surface area contributed by atoms with Crippen LogP contribution < -0.4 is 15.5 Å². The zero-order valence-corrected chi connectivity index (χ0v) is 31.4. The molecule has 2 aliphatic heterocycles. The van der Waals surface area contributed by atoms with Gasteiger partial charge >= 0.3 is 5.97 Å². The molecule has 11 heteroatoms. The molecule has 1 unspecified atom stereocenters. The van der Waals surface area contributed by atoms with Crippen molar-refractivity contribution in [2.24, 2.45) is 4.99 Å². The highest BCUT2D eigenvalue weighted by Crippen LogP contribution is 2.48. The van der Waals surface area contributed by atoms with E-state index in [-0.39, 0.29) is 36.4 Å². The molecule has 1 atom stereocenters. The Bertz CT molecular complexity index is 1920. The molecule has 0 aromatic heterocycles. The molecule has 11 nitrogen and oxygen atoms in total. The summed E-state index contributed by atoms with van der Waals surface area (Å²) in [6.45, 7) is 12.6. The quantitative estimate of drug-likeness (QED) is 0.124. The molecule has 0 radical (unpaired) electrons. The predicted molar refractivity (Wildman–Crippen MR) is 200 cm³/mol. The minimum atomic E-state index is -0.699. The van der Waals surface area contributed by atoms with E-state index in [2.05, 4.69) is 79.4 Å². The van der Waals surface area contributed by atoms with Gasteiger partial charge in [-0.25, -0.2) is 4.79 Å². The number of fused-ring (bicyclic) bond motifs is 1. The monoisotopic (exact) mass is 707 g/mol. The third-order valence-electron chi connectivity index (χ3n) is 10.3. The second-order valence-corrected chi connectivity index (χ2v) is 14.6. The highest BCUT2D eigenvalue weighted by molar-refractivity contribution is 6.25. The number of nitrogens with one attached hydrogen (secondary N) is 2. The summed E-state index contributed by atoms with van der Waals surface area (Å²) in [5, 5.41) is 6.78. The highest BCUT2D eigenvalue weighted by atomic mass is 16.7. The van der Waals surface area contributed by atoms with E-state index in [1.807, 2.05) is 43.5 Å². The van der Waals surface area contributed by atoms with Crippen molar-refractivity contribution < 1.29 is 28.8 Å². The Morgan fingerprint density at radius 2 is 1.67 bits per heavy atom. The number of aliphatic imine (C=N–C) groups is 1. The van der Waals surface area contributed by atoms with Gasteiger partial charge in [0.1, 0.15) is 6.04 Å². The number of anilines is 1. The maximum atomic E-state index is 14.1. The number of imide groups is 1. The Hall–Kier alpha value is -5.32. The third-order valence-corrected chi connectivity index (χ3v) is 10.3. The molecule has 2 aromatic rings. The van der Waals surface area contributed by atoms with Crippen LogP contribution in [0.4, 0.5) is 5.69 Å². The molecule has 3 amide bonds. The second-order valence-electron chi connectivity index (χ2n) is 14.6. The van der Waals surface area contributed by atoms with Gasteiger partial charge in [-0.15, -0.1) is 5.06 Å². The van der Waals surface area contributed by atoms with E-state index in [0.29, 0.717) is 41.3 Å². The number of allylic oxidation sites excluding steroid dienone is 5. The fraction of sp³-hybridized carbons (Fsp3) is 0.415. The molecule has 1 saturated heterocycles. The van der Waals surface area contributed by atoms with Gasteiger partial charge in [0, 0.05) is 79.0 Å². The predicted octanol–water partition coefficient (Wildman–Crippen LogP) is 5.29. The van der Waals surface area contributed by atoms with Gasteiger partial charge in [-0.2, -0.15) is 0 Å². The molecule has 2 aromatic carbocycles. The van der Waals surface area contributed by atoms with Crippen LogP contribution in [-0.4, -0.2) is 66.9 Å². The van der Waals surface area contributed by atoms with E-state index in [9.17, 15) is 24.0 Å². The van der Waals surface area contributed by atoms with Crippen LogP contribution in [0.15, 0.2) is 88.2 Å². The average molecular weight is 708 g/mol. The number of hydroxylamine groups is 2. The van der Waals surface area contributed by atoms with Crippen LogP contribution in [0, 0.1) is 6.92 Å². The van der Waals surface area contributed by atoms with E-state index < -0.39 is 29.2 Å². The first kappa shape index (κ1) is 37.9. The van der Waals surface area contributed by atoms with Gasteiger partial charge in [-0.1, -0.05) is 70.2 Å². The van der Waals surface area contributed by atoms with Gasteiger partial charge in [0.05, 0.1) is 5.70 Å². The lowest BCUT2D eigenvalue weighted by atomic mass is 9.75. The van der Waals surface area contributed by atoms with Crippen LogP contribution in [0.5, 0.6) is 0 Å². The first-order chi connectivity index (χ1) is 24.6. The zero-order chi connectivity index (χ0) is 38.0. The van der Waals surface area contributed by atoms with Crippen molar-refractivity contribution in [2.75, 3.05) is 25.5 Å². The Morgan fingerprint density at radius 1 is 1.02 bits per heavy atom. The number of carbonyl (C=O) groups is 5. The second kappa shape index (κ2) is 15.1. The molecule has 2 N–H and O–H groups in total. The summed E-state index contributed by atoms with van der Waals surface area (Å²) in [7, 11) is 3.73. The number of hydrogen-bond acceptors (Lipinski definition) is 9. The number of benzene rings is 2. The fourth-order valence-electron chi connectivity index (χ4n) is 7.20. The lowest BCUT2D eigenvalue weighted by Gasteiger charge is -2.32. The molecule has 3 aliphatic rings. The van der Waals surface area contributed by atoms with Gasteiger partial charge in [-0.3, -0.25) is 24.2 Å². The molecular formula is C41H49N5O6. The smallest absolute Gasteiger partial charge is 0.333 e. The van der Waals surface area contributed by atoms with Gasteiger partial charge in [0.25, 0.3) is 11.8 Å². The number of carbonyl (C=O) groups excluding carboxylic acids is 5. The first-order valence-electron chi connectivity index (χ1n) is 17.8. The molecular weight excluding hydrogens is 658 g/mol. The molecule has 0 spiro atoms. The zero-order valence-electron chi connectivity index (χ0n) is 31.4. The number of likely N-dealkylation sites (N-methyl/N-ethyl adjacent to an activating group) is 1. The number of rotatable bonds is 13. The molecule has 1 fully saturated rings. The fourth-order valence-corrected chi connectivity index (χ4v) is 7.20. The lowest BCUT2D eigenvalue weighted by Crippen LogP contribution is -2.46. The molecule has 52 heavy (non-hydrogen) atoms. The summed E-state index contributed by atoms with van der Waals surface area (Å²) < 4.78 is 0. The number of nitrogens with zero attached hydrogens (tertiary/aromatic N) is 3. The molecule has 0 bridgehead atoms. The molecule has 274 valence electrons. The summed E-state index contributed by atoms with van der Waals surface area (Å²) in [5.41, 5.74) is 6.84. The minimum Gasteiger partial charge on any atom is -0.373 e. The molecule has 5 rings (SSSR count). The van der Waals surface area contributed by atoms with Crippen molar-refractivity contribution in [3.05, 3.63) is 99.9 Å². The molecule has 2 heterocycles. The van der Waals surface area contributed by atoms with Gasteiger partial charge in [0.15, 0.2) is 5.78 Å². The van der Waals surface area contributed by atoms with Gasteiger partial charge in [0.2, 0.25) is 5.91 Å². The molecule has 1 aliphatic carbocycles. The number of para-hydroxylation sites is 1. The number of amides is 3. The topological polar surface area (TPSA) is 137 Å². The minimum absolute atomic E-state index is 0.00323. The van der Waals surface area contributed by atoms with E-state index in [1.165, 1.54) is 5.56 Å². The maximum Gasteiger partial charge on any atom is 0.333 e. The van der Waals surface area contributed by atoms with Gasteiger partial charge < -0.3 is 20.4 Å². The Labute approximate surface area is 305 Å². The van der Waals surface area contributed by atoms with E-state index in [1.54, 1.807) is 14.0 Å². The summed E-state index contributed by atoms with van der Waals surface area (Å²) in [6.07, 6.45) is 4.71. The van der Waals surface area contributed by atoms with Crippen LogP contribution in [0.2, 0.25) is 0 Å². The van der Waals surface area contributed by atoms with E-state index in [4.69, 9.17) is 4.84 Å². The standard InChI is InChI=1S/C41H49N5O6/c1-25-15-9-10-16-29(25)40(3,4)32(42-7)23-27-37(28(38(27)50)24-33-41(5,6)30-17-11-12-18-31(30)45(33)8)44-26(2)39(51)43-22-14-13-19-36(49)52-46-34(47)20-21-35(46)48/h9-12,15-18,23-24,26,44H,13-14,19-22H2,1-8H3,(H,43,51)/b27-23-,33-24+,42-32+. The SMILES string of the molecule is C/N=C(\C=C1/C(=O)C(/C=C2/N(C)c3ccccc3C2(C)C)=C1NC(C)C(=O)NCCCCC(=O)ON1C(=O)CCC1=O)C(C)(C)c1ccccc1C. The molecule has 0 saturated carbocycles. The van der Waals surface area contributed by atoms with E-state index in [0.717, 1.165) is 28.2 Å². The van der Waals surface area contributed by atoms with Crippen molar-refractivity contribution in [3.8, 4) is 0 Å². The number of unbranched alkanes of at least 4 members (excludes halogenated alkanes) is 1. The summed E-state index contributed by atoms with van der Waals surface area (Å²) >= 11 is 0. The maximum absolute atomic E-state index is 14.1. The van der Waals surface area contributed by atoms with Crippen molar-refractivity contribution in [3.63, 3.8) is 0 Å². The van der Waals surface area contributed by atoms with Crippen molar-refractivity contribution in [1.82, 2.24) is 15.7 Å². The largest absolute Gasteiger partial charge is 0.373 e. The number of ketones is 1. The number of aryl methyl sites for hydroxylation is 1. The number of Topliss-reactive ketones (excluding diaryl/α,β-unsaturated/α-hetero) is 1. The lowest BCUT2D eigenvalue weighted by molar-refractivity contribution is -0.197. The first-order valence-corrected chi connectivity index (χ1v) is 17.8. The van der Waals surface area contributed by atoms with Crippen LogP contribution in [0.3, 0.4) is 0 Å². The summed E-state index contributed by atoms with van der Waals surface area (Å²) in [4.78, 5) is 74.5.